The molecule has 0 saturated carbocycles. The Kier molecular flexibility index (Phi) is 4.46. The van der Waals surface area contributed by atoms with Crippen molar-refractivity contribution in [2.45, 2.75) is 39.2 Å². The van der Waals surface area contributed by atoms with E-state index in [0.717, 1.165) is 55.4 Å². The average molecular weight is 299 g/mol. The van der Waals surface area contributed by atoms with Crippen LogP contribution in [0.15, 0.2) is 24.5 Å². The molecule has 0 N–H and O–H groups in total. The van der Waals surface area contributed by atoms with E-state index in [4.69, 9.17) is 4.74 Å². The fourth-order valence-corrected chi connectivity index (χ4v) is 2.68. The number of anilines is 1. The molecule has 0 amide bonds. The molecule has 3 rings (SSSR count). The maximum absolute atomic E-state index is 5.97. The number of aryl methyl sites for hydroxylation is 2. The summed E-state index contributed by atoms with van der Waals surface area (Å²) in [4.78, 5) is 10.8. The lowest BCUT2D eigenvalue weighted by Gasteiger charge is -2.17. The second kappa shape index (κ2) is 6.68. The first-order chi connectivity index (χ1) is 10.8. The maximum Gasteiger partial charge on any atom is 0.245 e. The smallest absolute Gasteiger partial charge is 0.245 e. The standard InChI is InChI=1S/C16H21N5O/c1-3-14-15(4-2)19-20-16(18-14)21-10-7-13(11-21)22-12-5-8-17-9-6-12/h5-6,8-9,13H,3-4,7,10-11H2,1-2H3/t13-/m1/s1. The summed E-state index contributed by atoms with van der Waals surface area (Å²) >= 11 is 0. The Balaban J connectivity index is 1.67. The van der Waals surface area contributed by atoms with Gasteiger partial charge in [-0.2, -0.15) is 5.10 Å². The quantitative estimate of drug-likeness (QED) is 0.842. The first-order valence-corrected chi connectivity index (χ1v) is 7.84. The molecule has 0 unspecified atom stereocenters. The first kappa shape index (κ1) is 14.7. The summed E-state index contributed by atoms with van der Waals surface area (Å²) in [5, 5.41) is 8.60. The molecule has 1 aliphatic heterocycles. The van der Waals surface area contributed by atoms with Crippen LogP contribution in [0.3, 0.4) is 0 Å². The Labute approximate surface area is 130 Å². The third-order valence-corrected chi connectivity index (χ3v) is 3.88. The summed E-state index contributed by atoms with van der Waals surface area (Å²) in [6.45, 7) is 5.87. The third-order valence-electron chi connectivity index (χ3n) is 3.88. The molecule has 0 aromatic carbocycles. The molecule has 0 bridgehead atoms. The minimum atomic E-state index is 0.155. The van der Waals surface area contributed by atoms with Gasteiger partial charge >= 0.3 is 0 Å². The fraction of sp³-hybridized carbons (Fsp3) is 0.500. The van der Waals surface area contributed by atoms with E-state index in [9.17, 15) is 0 Å². The predicted octanol–water partition coefficient (Wildman–Crippen LogP) is 2.05. The summed E-state index contributed by atoms with van der Waals surface area (Å²) < 4.78 is 5.97. The van der Waals surface area contributed by atoms with Gasteiger partial charge in [-0.1, -0.05) is 13.8 Å². The number of rotatable bonds is 5. The first-order valence-electron chi connectivity index (χ1n) is 7.84. The Morgan fingerprint density at radius 2 is 1.91 bits per heavy atom. The number of ether oxygens (including phenoxy) is 1. The van der Waals surface area contributed by atoms with E-state index in [2.05, 4.69) is 38.9 Å². The molecular formula is C16H21N5O. The molecule has 1 aliphatic rings. The van der Waals surface area contributed by atoms with Crippen LogP contribution < -0.4 is 9.64 Å². The zero-order valence-corrected chi connectivity index (χ0v) is 13.1. The van der Waals surface area contributed by atoms with Crippen LogP contribution in [0.25, 0.3) is 0 Å². The molecule has 6 heteroatoms. The second-order valence-electron chi connectivity index (χ2n) is 5.37. The van der Waals surface area contributed by atoms with Crippen molar-refractivity contribution >= 4 is 5.95 Å². The van der Waals surface area contributed by atoms with Crippen LogP contribution in [-0.2, 0) is 12.8 Å². The zero-order valence-electron chi connectivity index (χ0n) is 13.1. The summed E-state index contributed by atoms with van der Waals surface area (Å²) in [7, 11) is 0. The van der Waals surface area contributed by atoms with Gasteiger partial charge in [0.15, 0.2) is 0 Å². The van der Waals surface area contributed by atoms with Gasteiger partial charge in [0, 0.05) is 25.4 Å². The van der Waals surface area contributed by atoms with Gasteiger partial charge in [-0.05, 0) is 25.0 Å². The summed E-state index contributed by atoms with van der Waals surface area (Å²) in [5.41, 5.74) is 2.04. The van der Waals surface area contributed by atoms with Crippen molar-refractivity contribution in [3.05, 3.63) is 35.9 Å². The summed E-state index contributed by atoms with van der Waals surface area (Å²) in [6.07, 6.45) is 6.36. The van der Waals surface area contributed by atoms with E-state index in [-0.39, 0.29) is 6.10 Å². The van der Waals surface area contributed by atoms with Gasteiger partial charge < -0.3 is 9.64 Å². The van der Waals surface area contributed by atoms with Crippen molar-refractivity contribution < 1.29 is 4.74 Å². The van der Waals surface area contributed by atoms with Crippen LogP contribution in [0.2, 0.25) is 0 Å². The van der Waals surface area contributed by atoms with Crippen molar-refractivity contribution in [2.24, 2.45) is 0 Å². The van der Waals surface area contributed by atoms with Gasteiger partial charge in [0.25, 0.3) is 0 Å². The van der Waals surface area contributed by atoms with Crippen LogP contribution in [0.1, 0.15) is 31.7 Å². The molecule has 1 atom stereocenters. The Morgan fingerprint density at radius 1 is 1.14 bits per heavy atom. The molecule has 1 fully saturated rings. The van der Waals surface area contributed by atoms with Gasteiger partial charge in [-0.15, -0.1) is 5.10 Å². The molecule has 116 valence electrons. The molecular weight excluding hydrogens is 278 g/mol. The lowest BCUT2D eigenvalue weighted by atomic mass is 10.2. The molecule has 2 aromatic heterocycles. The monoisotopic (exact) mass is 299 g/mol. The summed E-state index contributed by atoms with van der Waals surface area (Å²) in [5.74, 6) is 1.58. The Bertz CT molecular complexity index is 619. The molecule has 6 nitrogen and oxygen atoms in total. The minimum Gasteiger partial charge on any atom is -0.488 e. The van der Waals surface area contributed by atoms with Gasteiger partial charge in [0.05, 0.1) is 17.9 Å². The van der Waals surface area contributed by atoms with Crippen molar-refractivity contribution in [1.29, 1.82) is 0 Å². The van der Waals surface area contributed by atoms with Crippen LogP contribution >= 0.6 is 0 Å². The van der Waals surface area contributed by atoms with E-state index in [0.29, 0.717) is 0 Å². The van der Waals surface area contributed by atoms with Gasteiger partial charge in [0.1, 0.15) is 11.9 Å². The largest absolute Gasteiger partial charge is 0.488 e. The Hall–Kier alpha value is -2.24. The molecule has 1 saturated heterocycles. The van der Waals surface area contributed by atoms with Gasteiger partial charge in [-0.25, -0.2) is 4.98 Å². The number of pyridine rings is 1. The van der Waals surface area contributed by atoms with Crippen molar-refractivity contribution in [2.75, 3.05) is 18.0 Å². The second-order valence-corrected chi connectivity index (χ2v) is 5.37. The van der Waals surface area contributed by atoms with E-state index >= 15 is 0 Å². The number of nitrogens with zero attached hydrogens (tertiary/aromatic N) is 5. The highest BCUT2D eigenvalue weighted by atomic mass is 16.5. The van der Waals surface area contributed by atoms with Crippen LogP contribution in [-0.4, -0.2) is 39.4 Å². The van der Waals surface area contributed by atoms with Crippen molar-refractivity contribution in [3.63, 3.8) is 0 Å². The highest BCUT2D eigenvalue weighted by Crippen LogP contribution is 2.21. The molecule has 2 aromatic rings. The molecule has 0 radical (unpaired) electrons. The van der Waals surface area contributed by atoms with E-state index in [1.807, 2.05) is 12.1 Å². The SMILES string of the molecule is CCc1nnc(N2CC[C@@H](Oc3ccncc3)C2)nc1CC. The van der Waals surface area contributed by atoms with Crippen molar-refractivity contribution in [1.82, 2.24) is 20.2 Å². The zero-order chi connectivity index (χ0) is 15.4. The summed E-state index contributed by atoms with van der Waals surface area (Å²) in [6, 6.07) is 3.76. The van der Waals surface area contributed by atoms with Crippen LogP contribution in [0, 0.1) is 0 Å². The van der Waals surface area contributed by atoms with Gasteiger partial charge in [-0.3, -0.25) is 4.98 Å². The predicted molar refractivity (Wildman–Crippen MR) is 84.1 cm³/mol. The minimum absolute atomic E-state index is 0.155. The van der Waals surface area contributed by atoms with Crippen LogP contribution in [0.5, 0.6) is 5.75 Å². The third kappa shape index (κ3) is 3.16. The number of hydrogen-bond donors (Lipinski definition) is 0. The molecule has 22 heavy (non-hydrogen) atoms. The Morgan fingerprint density at radius 3 is 2.64 bits per heavy atom. The van der Waals surface area contributed by atoms with E-state index < -0.39 is 0 Å². The van der Waals surface area contributed by atoms with E-state index in [1.165, 1.54) is 0 Å². The normalized spacial score (nSPS) is 17.7. The lowest BCUT2D eigenvalue weighted by Crippen LogP contribution is -2.27. The topological polar surface area (TPSA) is 64.0 Å². The van der Waals surface area contributed by atoms with Crippen LogP contribution in [0.4, 0.5) is 5.95 Å². The average Bonchev–Trinajstić information content (AvgIpc) is 3.03. The number of aromatic nitrogens is 4. The maximum atomic E-state index is 5.97. The highest BCUT2D eigenvalue weighted by Gasteiger charge is 2.26. The fourth-order valence-electron chi connectivity index (χ4n) is 2.68. The number of hydrogen-bond acceptors (Lipinski definition) is 6. The molecule has 0 aliphatic carbocycles. The van der Waals surface area contributed by atoms with E-state index in [1.54, 1.807) is 12.4 Å². The molecule has 0 spiro atoms. The van der Waals surface area contributed by atoms with Crippen molar-refractivity contribution in [3.8, 4) is 5.75 Å². The van der Waals surface area contributed by atoms with Gasteiger partial charge in [0.2, 0.25) is 5.95 Å². The molecule has 3 heterocycles. The highest BCUT2D eigenvalue weighted by molar-refractivity contribution is 5.33. The lowest BCUT2D eigenvalue weighted by molar-refractivity contribution is 0.224.